The van der Waals surface area contributed by atoms with E-state index in [1.54, 1.807) is 0 Å². The molecule has 0 amide bonds. The normalized spacial score (nSPS) is 9.79. The SMILES string of the molecule is CCNCc1cccc(COC=O)c1. The van der Waals surface area contributed by atoms with Crippen molar-refractivity contribution in [3.05, 3.63) is 35.4 Å². The molecular weight excluding hydrogens is 178 g/mol. The minimum Gasteiger partial charge on any atom is -0.463 e. The minimum absolute atomic E-state index is 0.351. The highest BCUT2D eigenvalue weighted by Crippen LogP contribution is 2.05. The zero-order chi connectivity index (χ0) is 10.2. The third-order valence-corrected chi connectivity index (χ3v) is 1.89. The lowest BCUT2D eigenvalue weighted by molar-refractivity contribution is -0.129. The molecule has 76 valence electrons. The van der Waals surface area contributed by atoms with E-state index in [2.05, 4.69) is 17.0 Å². The van der Waals surface area contributed by atoms with E-state index in [0.717, 1.165) is 18.7 Å². The fraction of sp³-hybridized carbons (Fsp3) is 0.364. The van der Waals surface area contributed by atoms with Crippen LogP contribution >= 0.6 is 0 Å². The molecule has 0 heterocycles. The van der Waals surface area contributed by atoms with Crippen molar-refractivity contribution in [2.24, 2.45) is 0 Å². The third-order valence-electron chi connectivity index (χ3n) is 1.89. The molecule has 0 atom stereocenters. The summed E-state index contributed by atoms with van der Waals surface area (Å²) in [5.41, 5.74) is 2.23. The van der Waals surface area contributed by atoms with Gasteiger partial charge in [0.25, 0.3) is 6.47 Å². The topological polar surface area (TPSA) is 38.3 Å². The first kappa shape index (κ1) is 10.7. The van der Waals surface area contributed by atoms with Gasteiger partial charge in [-0.05, 0) is 17.7 Å². The smallest absolute Gasteiger partial charge is 0.293 e. The maximum Gasteiger partial charge on any atom is 0.293 e. The Labute approximate surface area is 84.1 Å². The zero-order valence-electron chi connectivity index (χ0n) is 8.32. The molecule has 0 aliphatic rings. The van der Waals surface area contributed by atoms with Crippen LogP contribution in [-0.2, 0) is 22.7 Å². The Morgan fingerprint density at radius 3 is 2.93 bits per heavy atom. The van der Waals surface area contributed by atoms with Crippen LogP contribution in [-0.4, -0.2) is 13.0 Å². The summed E-state index contributed by atoms with van der Waals surface area (Å²) in [6.07, 6.45) is 0. The number of benzene rings is 1. The third kappa shape index (κ3) is 3.58. The minimum atomic E-state index is 0.351. The number of rotatable bonds is 6. The molecule has 1 rings (SSSR count). The van der Waals surface area contributed by atoms with Crippen molar-refractivity contribution in [1.82, 2.24) is 5.32 Å². The van der Waals surface area contributed by atoms with Crippen molar-refractivity contribution in [2.75, 3.05) is 6.54 Å². The molecule has 0 aliphatic heterocycles. The monoisotopic (exact) mass is 193 g/mol. The highest BCUT2D eigenvalue weighted by atomic mass is 16.5. The van der Waals surface area contributed by atoms with Crippen LogP contribution in [0.5, 0.6) is 0 Å². The Morgan fingerprint density at radius 2 is 2.21 bits per heavy atom. The molecular formula is C11H15NO2. The Hall–Kier alpha value is -1.35. The first-order chi connectivity index (χ1) is 6.86. The van der Waals surface area contributed by atoms with Crippen LogP contribution in [0, 0.1) is 0 Å². The van der Waals surface area contributed by atoms with Crippen molar-refractivity contribution in [1.29, 1.82) is 0 Å². The predicted molar refractivity (Wildman–Crippen MR) is 54.7 cm³/mol. The molecule has 14 heavy (non-hydrogen) atoms. The van der Waals surface area contributed by atoms with Gasteiger partial charge in [-0.1, -0.05) is 31.2 Å². The van der Waals surface area contributed by atoms with Crippen LogP contribution in [0.25, 0.3) is 0 Å². The van der Waals surface area contributed by atoms with Gasteiger partial charge in [-0.3, -0.25) is 4.79 Å². The van der Waals surface area contributed by atoms with E-state index in [1.807, 2.05) is 24.3 Å². The maximum atomic E-state index is 10.0. The van der Waals surface area contributed by atoms with Gasteiger partial charge in [0.15, 0.2) is 0 Å². The molecule has 0 radical (unpaired) electrons. The van der Waals surface area contributed by atoms with E-state index in [0.29, 0.717) is 13.1 Å². The lowest BCUT2D eigenvalue weighted by Gasteiger charge is -2.04. The summed E-state index contributed by atoms with van der Waals surface area (Å²) in [5.74, 6) is 0. The van der Waals surface area contributed by atoms with Gasteiger partial charge in [-0.25, -0.2) is 0 Å². The average molecular weight is 193 g/mol. The summed E-state index contributed by atoms with van der Waals surface area (Å²) in [7, 11) is 0. The Balaban J connectivity index is 2.54. The van der Waals surface area contributed by atoms with E-state index in [4.69, 9.17) is 0 Å². The number of hydrogen-bond acceptors (Lipinski definition) is 3. The molecule has 0 saturated carbocycles. The van der Waals surface area contributed by atoms with E-state index in [-0.39, 0.29) is 0 Å². The molecule has 0 spiro atoms. The van der Waals surface area contributed by atoms with Crippen molar-refractivity contribution >= 4 is 6.47 Å². The van der Waals surface area contributed by atoms with Crippen molar-refractivity contribution < 1.29 is 9.53 Å². The zero-order valence-corrected chi connectivity index (χ0v) is 8.32. The standard InChI is InChI=1S/C11H15NO2/c1-2-12-7-10-4-3-5-11(6-10)8-14-9-13/h3-6,9,12H,2,7-8H2,1H3. The number of nitrogens with one attached hydrogen (secondary N) is 1. The van der Waals surface area contributed by atoms with Crippen molar-refractivity contribution in [2.45, 2.75) is 20.1 Å². The van der Waals surface area contributed by atoms with Crippen LogP contribution < -0.4 is 5.32 Å². The summed E-state index contributed by atoms with van der Waals surface area (Å²) < 4.78 is 4.68. The van der Waals surface area contributed by atoms with Gasteiger partial charge in [0.05, 0.1) is 0 Å². The van der Waals surface area contributed by atoms with Gasteiger partial charge in [-0.15, -0.1) is 0 Å². The van der Waals surface area contributed by atoms with Gasteiger partial charge in [-0.2, -0.15) is 0 Å². The fourth-order valence-electron chi connectivity index (χ4n) is 1.23. The van der Waals surface area contributed by atoms with Gasteiger partial charge >= 0.3 is 0 Å². The van der Waals surface area contributed by atoms with Crippen molar-refractivity contribution in [3.63, 3.8) is 0 Å². The number of hydrogen-bond donors (Lipinski definition) is 1. The first-order valence-corrected chi connectivity index (χ1v) is 4.70. The predicted octanol–water partition coefficient (Wildman–Crippen LogP) is 1.47. The fourth-order valence-corrected chi connectivity index (χ4v) is 1.23. The molecule has 1 N–H and O–H groups in total. The Morgan fingerprint density at radius 1 is 1.43 bits per heavy atom. The van der Waals surface area contributed by atoms with E-state index in [1.165, 1.54) is 5.56 Å². The summed E-state index contributed by atoms with van der Waals surface area (Å²) in [6.45, 7) is 4.69. The van der Waals surface area contributed by atoms with Gasteiger partial charge in [0.1, 0.15) is 6.61 Å². The van der Waals surface area contributed by atoms with E-state index < -0.39 is 0 Å². The molecule has 0 fully saturated rings. The molecule has 1 aromatic rings. The van der Waals surface area contributed by atoms with Gasteiger partial charge < -0.3 is 10.1 Å². The second-order valence-electron chi connectivity index (χ2n) is 3.01. The summed E-state index contributed by atoms with van der Waals surface area (Å²) in [5, 5.41) is 3.24. The van der Waals surface area contributed by atoms with Crippen LogP contribution in [0.3, 0.4) is 0 Å². The Bertz CT molecular complexity index is 286. The number of carbonyl (C=O) groups excluding carboxylic acids is 1. The van der Waals surface area contributed by atoms with Crippen LogP contribution in [0.15, 0.2) is 24.3 Å². The van der Waals surface area contributed by atoms with Gasteiger partial charge in [0, 0.05) is 6.54 Å². The molecule has 0 aromatic heterocycles. The molecule has 0 saturated heterocycles. The molecule has 0 bridgehead atoms. The van der Waals surface area contributed by atoms with Crippen molar-refractivity contribution in [3.8, 4) is 0 Å². The number of carbonyl (C=O) groups is 1. The largest absolute Gasteiger partial charge is 0.463 e. The van der Waals surface area contributed by atoms with E-state index >= 15 is 0 Å². The summed E-state index contributed by atoms with van der Waals surface area (Å²) in [4.78, 5) is 10.0. The summed E-state index contributed by atoms with van der Waals surface area (Å²) >= 11 is 0. The highest BCUT2D eigenvalue weighted by molar-refractivity contribution is 5.37. The molecule has 1 aromatic carbocycles. The average Bonchev–Trinajstić information content (AvgIpc) is 2.24. The van der Waals surface area contributed by atoms with Crippen LogP contribution in [0.1, 0.15) is 18.1 Å². The first-order valence-electron chi connectivity index (χ1n) is 4.70. The maximum absolute atomic E-state index is 10.0. The quantitative estimate of drug-likeness (QED) is 0.695. The lowest BCUT2D eigenvalue weighted by Crippen LogP contribution is -2.11. The second-order valence-corrected chi connectivity index (χ2v) is 3.01. The van der Waals surface area contributed by atoms with Gasteiger partial charge in [0.2, 0.25) is 0 Å². The lowest BCUT2D eigenvalue weighted by atomic mass is 10.1. The van der Waals surface area contributed by atoms with Crippen LogP contribution in [0.4, 0.5) is 0 Å². The highest BCUT2D eigenvalue weighted by Gasteiger charge is 1.95. The second kappa shape index (κ2) is 6.16. The molecule has 3 nitrogen and oxygen atoms in total. The number of ether oxygens (including phenoxy) is 1. The summed E-state index contributed by atoms with van der Waals surface area (Å²) in [6, 6.07) is 7.99. The molecule has 0 aliphatic carbocycles. The molecule has 0 unspecified atom stereocenters. The Kier molecular flexibility index (Phi) is 4.72. The molecule has 3 heteroatoms. The van der Waals surface area contributed by atoms with Crippen LogP contribution in [0.2, 0.25) is 0 Å². The van der Waals surface area contributed by atoms with E-state index in [9.17, 15) is 4.79 Å².